The van der Waals surface area contributed by atoms with Crippen molar-refractivity contribution in [1.82, 2.24) is 9.88 Å². The number of likely N-dealkylation sites (tertiary alicyclic amines) is 1. The molecule has 0 aromatic carbocycles. The van der Waals surface area contributed by atoms with Crippen molar-refractivity contribution < 1.29 is 9.53 Å². The molecule has 0 aliphatic carbocycles. The molecule has 1 aromatic rings. The van der Waals surface area contributed by atoms with Crippen molar-refractivity contribution in [2.45, 2.75) is 39.7 Å². The van der Waals surface area contributed by atoms with Gasteiger partial charge in [0.15, 0.2) is 0 Å². The molecule has 2 rings (SSSR count). The number of hydrogen-bond acceptors (Lipinski definition) is 5. The molecule has 0 saturated carbocycles. The van der Waals surface area contributed by atoms with Gasteiger partial charge in [0.25, 0.3) is 0 Å². The molecule has 8 heteroatoms. The fraction of sp³-hybridized carbons (Fsp3) is 0.733. The predicted molar refractivity (Wildman–Crippen MR) is 98.7 cm³/mol. The van der Waals surface area contributed by atoms with Crippen LogP contribution in [-0.4, -0.2) is 42.0 Å². The van der Waals surface area contributed by atoms with Crippen LogP contribution < -0.4 is 5.73 Å². The zero-order valence-corrected chi connectivity index (χ0v) is 16.4. The Balaban J connectivity index is 0.00000242. The lowest BCUT2D eigenvalue weighted by molar-refractivity contribution is -0.129. The first kappa shape index (κ1) is 22.6. The number of ether oxygens (including phenoxy) is 1. The van der Waals surface area contributed by atoms with Gasteiger partial charge in [0, 0.05) is 25.1 Å². The fourth-order valence-corrected chi connectivity index (χ4v) is 3.40. The molecule has 1 aromatic heterocycles. The molecule has 1 aliphatic heterocycles. The number of nitrogens with zero attached hydrogens (tertiary/aromatic N) is 2. The van der Waals surface area contributed by atoms with Gasteiger partial charge in [-0.25, -0.2) is 4.98 Å². The van der Waals surface area contributed by atoms with Gasteiger partial charge in [0.1, 0.15) is 11.1 Å². The second-order valence-corrected chi connectivity index (χ2v) is 6.92. The summed E-state index contributed by atoms with van der Waals surface area (Å²) in [6.45, 7) is 8.96. The van der Waals surface area contributed by atoms with Crippen LogP contribution >= 0.6 is 36.2 Å². The molecular formula is C15H27Cl2N3O2S. The van der Waals surface area contributed by atoms with Gasteiger partial charge in [0.05, 0.1) is 12.1 Å². The summed E-state index contributed by atoms with van der Waals surface area (Å²) in [4.78, 5) is 18.8. The molecule has 2 unspecified atom stereocenters. The average Bonchev–Trinajstić information content (AvgIpc) is 3.07. The Labute approximate surface area is 154 Å². The van der Waals surface area contributed by atoms with Crippen LogP contribution in [0, 0.1) is 5.41 Å². The largest absolute Gasteiger partial charge is 0.372 e. The van der Waals surface area contributed by atoms with E-state index in [1.165, 1.54) is 0 Å². The third-order valence-corrected chi connectivity index (χ3v) is 5.12. The first-order valence-electron chi connectivity index (χ1n) is 7.51. The van der Waals surface area contributed by atoms with E-state index in [1.807, 2.05) is 24.1 Å². The summed E-state index contributed by atoms with van der Waals surface area (Å²) in [6.07, 6.45) is 1.35. The van der Waals surface area contributed by atoms with Crippen LogP contribution in [0.25, 0.3) is 0 Å². The molecule has 5 nitrogen and oxygen atoms in total. The van der Waals surface area contributed by atoms with Crippen LogP contribution in [0.5, 0.6) is 0 Å². The Bertz CT molecular complexity index is 501. The lowest BCUT2D eigenvalue weighted by atomic mass is 9.90. The molecule has 0 spiro atoms. The van der Waals surface area contributed by atoms with Crippen LogP contribution in [0.15, 0.2) is 5.38 Å². The number of carbonyl (C=O) groups excluding carboxylic acids is 1. The van der Waals surface area contributed by atoms with Crippen LogP contribution in [-0.2, 0) is 16.0 Å². The van der Waals surface area contributed by atoms with Crippen molar-refractivity contribution in [1.29, 1.82) is 0 Å². The first-order chi connectivity index (χ1) is 9.97. The van der Waals surface area contributed by atoms with E-state index in [4.69, 9.17) is 10.5 Å². The number of halogens is 2. The number of hydrogen-bond donors (Lipinski definition) is 1. The summed E-state index contributed by atoms with van der Waals surface area (Å²) in [5.74, 6) is 0.146. The third-order valence-electron chi connectivity index (χ3n) is 4.07. The van der Waals surface area contributed by atoms with Gasteiger partial charge in [-0.3, -0.25) is 4.79 Å². The van der Waals surface area contributed by atoms with Crippen LogP contribution in [0.3, 0.4) is 0 Å². The Morgan fingerprint density at radius 2 is 2.26 bits per heavy atom. The summed E-state index contributed by atoms with van der Waals surface area (Å²) in [5.41, 5.74) is 6.70. The minimum Gasteiger partial charge on any atom is -0.372 e. The molecule has 0 radical (unpaired) electrons. The van der Waals surface area contributed by atoms with E-state index in [0.717, 1.165) is 30.2 Å². The Morgan fingerprint density at radius 1 is 1.57 bits per heavy atom. The number of rotatable bonds is 6. The highest BCUT2D eigenvalue weighted by molar-refractivity contribution is 7.09. The number of amides is 1. The molecule has 1 fully saturated rings. The molecule has 1 saturated heterocycles. The highest BCUT2D eigenvalue weighted by Crippen LogP contribution is 2.29. The summed E-state index contributed by atoms with van der Waals surface area (Å²) in [6, 6.07) is 0. The van der Waals surface area contributed by atoms with Gasteiger partial charge in [-0.1, -0.05) is 6.92 Å². The predicted octanol–water partition coefficient (Wildman–Crippen LogP) is 2.82. The van der Waals surface area contributed by atoms with Crippen molar-refractivity contribution in [3.63, 3.8) is 0 Å². The smallest absolute Gasteiger partial charge is 0.228 e. The standard InChI is InChI=1S/C15H25N3O2S.2ClH/c1-4-20-11(2)14-17-12(8-21-14)7-13(19)18-6-5-15(3,9-16)10-18;;/h8,11H,4-7,9-10,16H2,1-3H3;2*1H. The summed E-state index contributed by atoms with van der Waals surface area (Å²) < 4.78 is 5.53. The van der Waals surface area contributed by atoms with Crippen LogP contribution in [0.4, 0.5) is 0 Å². The van der Waals surface area contributed by atoms with E-state index in [-0.39, 0.29) is 42.2 Å². The maximum Gasteiger partial charge on any atom is 0.228 e. The average molecular weight is 384 g/mol. The number of thiazole rings is 1. The quantitative estimate of drug-likeness (QED) is 0.819. The molecule has 2 heterocycles. The van der Waals surface area contributed by atoms with Gasteiger partial charge in [-0.05, 0) is 32.2 Å². The van der Waals surface area contributed by atoms with Gasteiger partial charge in [-0.15, -0.1) is 36.2 Å². The van der Waals surface area contributed by atoms with Gasteiger partial charge >= 0.3 is 0 Å². The van der Waals surface area contributed by atoms with Crippen molar-refractivity contribution in [2.24, 2.45) is 11.1 Å². The maximum atomic E-state index is 12.3. The number of nitrogens with two attached hydrogens (primary N) is 1. The Morgan fingerprint density at radius 3 is 2.83 bits per heavy atom. The molecule has 2 N–H and O–H groups in total. The van der Waals surface area contributed by atoms with Crippen molar-refractivity contribution in [2.75, 3.05) is 26.2 Å². The van der Waals surface area contributed by atoms with Crippen molar-refractivity contribution in [3.8, 4) is 0 Å². The van der Waals surface area contributed by atoms with Crippen LogP contribution in [0.1, 0.15) is 44.0 Å². The lowest BCUT2D eigenvalue weighted by Gasteiger charge is -2.22. The summed E-state index contributed by atoms with van der Waals surface area (Å²) >= 11 is 1.56. The molecule has 2 atom stereocenters. The minimum atomic E-state index is -0.00355. The molecule has 0 bridgehead atoms. The van der Waals surface area contributed by atoms with E-state index in [1.54, 1.807) is 11.3 Å². The second kappa shape index (κ2) is 9.79. The Kier molecular flexibility index (Phi) is 9.62. The summed E-state index contributed by atoms with van der Waals surface area (Å²) in [5, 5.41) is 2.90. The van der Waals surface area contributed by atoms with E-state index < -0.39 is 0 Å². The highest BCUT2D eigenvalue weighted by Gasteiger charge is 2.34. The molecule has 23 heavy (non-hydrogen) atoms. The van der Waals surface area contributed by atoms with E-state index in [2.05, 4.69) is 11.9 Å². The highest BCUT2D eigenvalue weighted by atomic mass is 35.5. The number of aromatic nitrogens is 1. The normalized spacial score (nSPS) is 21.5. The molecule has 1 aliphatic rings. The summed E-state index contributed by atoms with van der Waals surface area (Å²) in [7, 11) is 0. The SMILES string of the molecule is CCOC(C)c1nc(CC(=O)N2CCC(C)(CN)C2)cs1.Cl.Cl. The zero-order chi connectivity index (χ0) is 15.5. The lowest BCUT2D eigenvalue weighted by Crippen LogP contribution is -2.35. The molecule has 134 valence electrons. The van der Waals surface area contributed by atoms with Gasteiger partial charge < -0.3 is 15.4 Å². The van der Waals surface area contributed by atoms with Crippen molar-refractivity contribution in [3.05, 3.63) is 16.1 Å². The first-order valence-corrected chi connectivity index (χ1v) is 8.39. The zero-order valence-electron chi connectivity index (χ0n) is 13.9. The van der Waals surface area contributed by atoms with Crippen molar-refractivity contribution >= 4 is 42.1 Å². The maximum absolute atomic E-state index is 12.3. The molecular weight excluding hydrogens is 357 g/mol. The van der Waals surface area contributed by atoms with Gasteiger partial charge in [-0.2, -0.15) is 0 Å². The Hall–Kier alpha value is -0.400. The topological polar surface area (TPSA) is 68.5 Å². The van der Waals surface area contributed by atoms with Gasteiger partial charge in [0.2, 0.25) is 5.91 Å². The second-order valence-electron chi connectivity index (χ2n) is 6.03. The van der Waals surface area contributed by atoms with E-state index in [9.17, 15) is 4.79 Å². The van der Waals surface area contributed by atoms with Crippen LogP contribution in [0.2, 0.25) is 0 Å². The van der Waals surface area contributed by atoms with E-state index in [0.29, 0.717) is 19.6 Å². The van der Waals surface area contributed by atoms with E-state index >= 15 is 0 Å². The minimum absolute atomic E-state index is 0. The molecule has 1 amide bonds. The third kappa shape index (κ3) is 5.87. The number of carbonyl (C=O) groups is 1. The fourth-order valence-electron chi connectivity index (χ4n) is 2.58. The monoisotopic (exact) mass is 383 g/mol.